The van der Waals surface area contributed by atoms with Crippen molar-refractivity contribution in [2.75, 3.05) is 19.1 Å². The smallest absolute Gasteiger partial charge is 0.123 e. The highest BCUT2D eigenvalue weighted by Gasteiger charge is 2.06. The summed E-state index contributed by atoms with van der Waals surface area (Å²) in [6, 6.07) is 7.29. The van der Waals surface area contributed by atoms with Crippen LogP contribution in [0.5, 0.6) is 0 Å². The van der Waals surface area contributed by atoms with Gasteiger partial charge in [-0.05, 0) is 49.6 Å². The van der Waals surface area contributed by atoms with Crippen LogP contribution in [0.15, 0.2) is 24.3 Å². The lowest BCUT2D eigenvalue weighted by Gasteiger charge is -2.15. The van der Waals surface area contributed by atoms with Crippen LogP contribution in [0.1, 0.15) is 12.0 Å². The minimum atomic E-state index is -0.146. The Kier molecular flexibility index (Phi) is 5.73. The van der Waals surface area contributed by atoms with E-state index in [4.69, 9.17) is 0 Å². The third-order valence-electron chi connectivity index (χ3n) is 2.45. The molecule has 0 aliphatic heterocycles. The van der Waals surface area contributed by atoms with Crippen molar-refractivity contribution in [1.82, 2.24) is 5.32 Å². The molecule has 0 heterocycles. The third kappa shape index (κ3) is 4.67. The van der Waals surface area contributed by atoms with E-state index in [0.29, 0.717) is 6.04 Å². The average molecular weight is 227 g/mol. The lowest BCUT2D eigenvalue weighted by molar-refractivity contribution is 0.544. The number of benzene rings is 1. The maximum absolute atomic E-state index is 12.9. The lowest BCUT2D eigenvalue weighted by atomic mass is 10.0. The van der Waals surface area contributed by atoms with Gasteiger partial charge in [0.05, 0.1) is 0 Å². The highest BCUT2D eigenvalue weighted by atomic mass is 32.2. The molecule has 0 radical (unpaired) electrons. The van der Waals surface area contributed by atoms with Gasteiger partial charge in [0.25, 0.3) is 0 Å². The van der Waals surface area contributed by atoms with Crippen LogP contribution in [0.4, 0.5) is 4.39 Å². The van der Waals surface area contributed by atoms with Crippen molar-refractivity contribution in [3.63, 3.8) is 0 Å². The van der Waals surface area contributed by atoms with E-state index in [0.717, 1.165) is 24.2 Å². The molecule has 0 fully saturated rings. The van der Waals surface area contributed by atoms with Crippen molar-refractivity contribution >= 4 is 11.8 Å². The van der Waals surface area contributed by atoms with Crippen LogP contribution in [0.3, 0.4) is 0 Å². The Hall–Kier alpha value is -0.540. The summed E-state index contributed by atoms with van der Waals surface area (Å²) >= 11 is 1.84. The molecule has 0 aromatic heterocycles. The summed E-state index contributed by atoms with van der Waals surface area (Å²) in [7, 11) is 1.96. The van der Waals surface area contributed by atoms with Crippen molar-refractivity contribution in [1.29, 1.82) is 0 Å². The van der Waals surface area contributed by atoms with Gasteiger partial charge in [-0.2, -0.15) is 11.8 Å². The Morgan fingerprint density at radius 2 is 2.27 bits per heavy atom. The summed E-state index contributed by atoms with van der Waals surface area (Å²) in [6.07, 6.45) is 4.12. The zero-order valence-corrected chi connectivity index (χ0v) is 10.1. The van der Waals surface area contributed by atoms with Gasteiger partial charge < -0.3 is 5.32 Å². The highest BCUT2D eigenvalue weighted by Crippen LogP contribution is 2.09. The van der Waals surface area contributed by atoms with Crippen LogP contribution in [0.2, 0.25) is 0 Å². The molecule has 15 heavy (non-hydrogen) atoms. The first-order chi connectivity index (χ1) is 7.26. The predicted octanol–water partition coefficient (Wildman–Crippen LogP) is 2.71. The normalized spacial score (nSPS) is 12.7. The van der Waals surface area contributed by atoms with E-state index in [1.54, 1.807) is 12.1 Å². The molecule has 1 rings (SSSR count). The second-order valence-electron chi connectivity index (χ2n) is 3.60. The van der Waals surface area contributed by atoms with Gasteiger partial charge in [-0.3, -0.25) is 0 Å². The molecule has 1 aromatic rings. The van der Waals surface area contributed by atoms with Gasteiger partial charge in [0.2, 0.25) is 0 Å². The molecular weight excluding hydrogens is 209 g/mol. The van der Waals surface area contributed by atoms with Crippen LogP contribution in [0, 0.1) is 5.82 Å². The van der Waals surface area contributed by atoms with E-state index in [1.807, 2.05) is 24.9 Å². The monoisotopic (exact) mass is 227 g/mol. The standard InChI is InChI=1S/C12H18FNS/c1-14-12(6-7-15-2)9-10-4-3-5-11(13)8-10/h3-5,8,12,14H,6-7,9H2,1-2H3. The van der Waals surface area contributed by atoms with Crippen LogP contribution in [-0.2, 0) is 6.42 Å². The molecule has 84 valence electrons. The second-order valence-corrected chi connectivity index (χ2v) is 4.59. The number of rotatable bonds is 6. The van der Waals surface area contributed by atoms with Crippen LogP contribution < -0.4 is 5.32 Å². The molecule has 0 saturated carbocycles. The molecule has 0 aliphatic carbocycles. The fourth-order valence-electron chi connectivity index (χ4n) is 1.56. The minimum absolute atomic E-state index is 0.146. The first-order valence-corrected chi connectivity index (χ1v) is 6.56. The lowest BCUT2D eigenvalue weighted by Crippen LogP contribution is -2.28. The molecule has 0 amide bonds. The molecule has 1 N–H and O–H groups in total. The molecule has 1 atom stereocenters. The van der Waals surface area contributed by atoms with Crippen molar-refractivity contribution in [2.24, 2.45) is 0 Å². The first-order valence-electron chi connectivity index (χ1n) is 5.17. The topological polar surface area (TPSA) is 12.0 Å². The predicted molar refractivity (Wildman–Crippen MR) is 66.0 cm³/mol. The fraction of sp³-hybridized carbons (Fsp3) is 0.500. The number of nitrogens with one attached hydrogen (secondary N) is 1. The molecular formula is C12H18FNS. The fourth-order valence-corrected chi connectivity index (χ4v) is 2.08. The summed E-state index contributed by atoms with van der Waals surface area (Å²) in [6.45, 7) is 0. The van der Waals surface area contributed by atoms with Gasteiger partial charge in [0, 0.05) is 6.04 Å². The second kappa shape index (κ2) is 6.85. The Morgan fingerprint density at radius 1 is 1.47 bits per heavy atom. The van der Waals surface area contributed by atoms with E-state index in [-0.39, 0.29) is 5.82 Å². The van der Waals surface area contributed by atoms with Gasteiger partial charge in [-0.25, -0.2) is 4.39 Å². The molecule has 1 unspecified atom stereocenters. The van der Waals surface area contributed by atoms with E-state index in [2.05, 4.69) is 11.6 Å². The van der Waals surface area contributed by atoms with E-state index in [1.165, 1.54) is 6.07 Å². The van der Waals surface area contributed by atoms with E-state index >= 15 is 0 Å². The summed E-state index contributed by atoms with van der Waals surface area (Å²) < 4.78 is 12.9. The summed E-state index contributed by atoms with van der Waals surface area (Å²) in [5, 5.41) is 3.27. The minimum Gasteiger partial charge on any atom is -0.317 e. The Balaban J connectivity index is 2.50. The van der Waals surface area contributed by atoms with Crippen molar-refractivity contribution in [3.05, 3.63) is 35.6 Å². The summed E-state index contributed by atoms with van der Waals surface area (Å²) in [5.41, 5.74) is 1.07. The maximum atomic E-state index is 12.9. The van der Waals surface area contributed by atoms with Gasteiger partial charge in [0.15, 0.2) is 0 Å². The van der Waals surface area contributed by atoms with Crippen LogP contribution >= 0.6 is 11.8 Å². The van der Waals surface area contributed by atoms with Crippen molar-refractivity contribution in [3.8, 4) is 0 Å². The molecule has 1 aromatic carbocycles. The molecule has 0 bridgehead atoms. The highest BCUT2D eigenvalue weighted by molar-refractivity contribution is 7.98. The number of thioether (sulfide) groups is 1. The quantitative estimate of drug-likeness (QED) is 0.802. The zero-order valence-electron chi connectivity index (χ0n) is 9.29. The van der Waals surface area contributed by atoms with Crippen LogP contribution in [-0.4, -0.2) is 25.1 Å². The van der Waals surface area contributed by atoms with Crippen molar-refractivity contribution < 1.29 is 4.39 Å². The average Bonchev–Trinajstić information content (AvgIpc) is 2.24. The van der Waals surface area contributed by atoms with Crippen LogP contribution in [0.25, 0.3) is 0 Å². The third-order valence-corrected chi connectivity index (χ3v) is 3.09. The van der Waals surface area contributed by atoms with E-state index < -0.39 is 0 Å². The molecule has 0 spiro atoms. The molecule has 0 aliphatic rings. The van der Waals surface area contributed by atoms with Crippen molar-refractivity contribution in [2.45, 2.75) is 18.9 Å². The van der Waals surface area contributed by atoms with Gasteiger partial charge in [0.1, 0.15) is 5.82 Å². The summed E-state index contributed by atoms with van der Waals surface area (Å²) in [4.78, 5) is 0. The molecule has 1 nitrogen and oxygen atoms in total. The summed E-state index contributed by atoms with van der Waals surface area (Å²) in [5.74, 6) is 0.994. The number of halogens is 1. The first kappa shape index (κ1) is 12.5. The molecule has 3 heteroatoms. The Labute approximate surface area is 95.5 Å². The SMILES string of the molecule is CNC(CCSC)Cc1cccc(F)c1. The van der Waals surface area contributed by atoms with Gasteiger partial charge in [-0.15, -0.1) is 0 Å². The Bertz CT molecular complexity index is 291. The largest absolute Gasteiger partial charge is 0.317 e. The zero-order chi connectivity index (χ0) is 11.1. The van der Waals surface area contributed by atoms with E-state index in [9.17, 15) is 4.39 Å². The van der Waals surface area contributed by atoms with Gasteiger partial charge >= 0.3 is 0 Å². The number of hydrogen-bond acceptors (Lipinski definition) is 2. The molecule has 0 saturated heterocycles. The number of likely N-dealkylation sites (N-methyl/N-ethyl adjacent to an activating group) is 1. The maximum Gasteiger partial charge on any atom is 0.123 e. The number of hydrogen-bond donors (Lipinski definition) is 1. The Morgan fingerprint density at radius 3 is 2.87 bits per heavy atom. The van der Waals surface area contributed by atoms with Gasteiger partial charge in [-0.1, -0.05) is 12.1 Å².